The van der Waals surface area contributed by atoms with E-state index in [1.54, 1.807) is 0 Å². The SMILES string of the molecule is Cc1oc2c(C)c3oc(=O)cc(C)c3cc2c1COCCC(C)(C)C. The maximum absolute atomic E-state index is 11.7. The first-order valence-electron chi connectivity index (χ1n) is 8.71. The quantitative estimate of drug-likeness (QED) is 0.469. The predicted octanol–water partition coefficient (Wildman–Crippen LogP) is 5.42. The molecule has 0 amide bonds. The van der Waals surface area contributed by atoms with Crippen LogP contribution in [0.25, 0.3) is 21.9 Å². The molecule has 0 radical (unpaired) electrons. The van der Waals surface area contributed by atoms with Crippen molar-refractivity contribution in [3.05, 3.63) is 45.0 Å². The van der Waals surface area contributed by atoms with E-state index in [4.69, 9.17) is 13.6 Å². The molecule has 0 atom stereocenters. The summed E-state index contributed by atoms with van der Waals surface area (Å²) < 4.78 is 17.3. The third-order valence-corrected chi connectivity index (χ3v) is 4.67. The molecule has 0 fully saturated rings. The van der Waals surface area contributed by atoms with Crippen LogP contribution in [0.1, 0.15) is 49.6 Å². The van der Waals surface area contributed by atoms with E-state index in [-0.39, 0.29) is 11.0 Å². The summed E-state index contributed by atoms with van der Waals surface area (Å²) in [6.07, 6.45) is 1.01. The maximum atomic E-state index is 11.7. The van der Waals surface area contributed by atoms with Crippen LogP contribution in [0.15, 0.2) is 25.8 Å². The van der Waals surface area contributed by atoms with E-state index in [0.29, 0.717) is 12.2 Å². The molecule has 3 rings (SSSR count). The molecule has 25 heavy (non-hydrogen) atoms. The summed E-state index contributed by atoms with van der Waals surface area (Å²) in [4.78, 5) is 11.7. The van der Waals surface area contributed by atoms with Gasteiger partial charge in [0.25, 0.3) is 0 Å². The molecule has 0 aliphatic rings. The monoisotopic (exact) mass is 342 g/mol. The number of ether oxygens (including phenoxy) is 1. The molecule has 1 aromatic carbocycles. The number of rotatable bonds is 4. The van der Waals surface area contributed by atoms with Crippen molar-refractivity contribution in [2.24, 2.45) is 5.41 Å². The molecule has 0 bridgehead atoms. The molecular weight excluding hydrogens is 316 g/mol. The fourth-order valence-electron chi connectivity index (χ4n) is 3.08. The van der Waals surface area contributed by atoms with E-state index in [2.05, 4.69) is 26.8 Å². The predicted molar refractivity (Wildman–Crippen MR) is 100 cm³/mol. The van der Waals surface area contributed by atoms with Crippen LogP contribution in [-0.2, 0) is 11.3 Å². The van der Waals surface area contributed by atoms with Gasteiger partial charge in [-0.2, -0.15) is 0 Å². The Labute approximate surface area is 147 Å². The molecule has 2 heterocycles. The molecule has 0 saturated carbocycles. The van der Waals surface area contributed by atoms with Gasteiger partial charge in [0.1, 0.15) is 16.9 Å². The van der Waals surface area contributed by atoms with Crippen LogP contribution in [0.2, 0.25) is 0 Å². The van der Waals surface area contributed by atoms with Gasteiger partial charge < -0.3 is 13.6 Å². The molecule has 3 aromatic rings. The molecule has 0 spiro atoms. The Morgan fingerprint density at radius 2 is 1.68 bits per heavy atom. The minimum atomic E-state index is -0.332. The largest absolute Gasteiger partial charge is 0.461 e. The van der Waals surface area contributed by atoms with Crippen LogP contribution < -0.4 is 5.63 Å². The standard InChI is InChI=1S/C21H26O4/c1-12-9-18(22)25-19-13(2)20-16(10-15(12)19)17(14(3)24-20)11-23-8-7-21(4,5)6/h9-10H,7-8,11H2,1-6H3. The first-order valence-corrected chi connectivity index (χ1v) is 8.71. The van der Waals surface area contributed by atoms with Crippen molar-refractivity contribution in [1.29, 1.82) is 0 Å². The van der Waals surface area contributed by atoms with Crippen LogP contribution in [0.5, 0.6) is 0 Å². The lowest BCUT2D eigenvalue weighted by Gasteiger charge is -2.17. The highest BCUT2D eigenvalue weighted by molar-refractivity contribution is 5.99. The fourth-order valence-corrected chi connectivity index (χ4v) is 3.08. The molecule has 2 aromatic heterocycles. The van der Waals surface area contributed by atoms with E-state index in [1.165, 1.54) is 6.07 Å². The Bertz CT molecular complexity index is 983. The van der Waals surface area contributed by atoms with Crippen molar-refractivity contribution >= 4 is 21.9 Å². The van der Waals surface area contributed by atoms with Crippen molar-refractivity contribution in [1.82, 2.24) is 0 Å². The topological polar surface area (TPSA) is 52.6 Å². The van der Waals surface area contributed by atoms with Crippen molar-refractivity contribution in [2.75, 3.05) is 6.61 Å². The van der Waals surface area contributed by atoms with E-state index >= 15 is 0 Å². The summed E-state index contributed by atoms with van der Waals surface area (Å²) in [6, 6.07) is 3.58. The van der Waals surface area contributed by atoms with Gasteiger partial charge in [0.15, 0.2) is 0 Å². The van der Waals surface area contributed by atoms with Gasteiger partial charge in [-0.1, -0.05) is 20.8 Å². The van der Waals surface area contributed by atoms with Gasteiger partial charge in [-0.25, -0.2) is 4.79 Å². The van der Waals surface area contributed by atoms with Crippen LogP contribution in [-0.4, -0.2) is 6.61 Å². The van der Waals surface area contributed by atoms with Crippen molar-refractivity contribution in [2.45, 2.75) is 54.6 Å². The maximum Gasteiger partial charge on any atom is 0.336 e. The molecule has 134 valence electrons. The first kappa shape index (κ1) is 17.7. The molecule has 0 aliphatic carbocycles. The highest BCUT2D eigenvalue weighted by Crippen LogP contribution is 2.34. The minimum Gasteiger partial charge on any atom is -0.461 e. The van der Waals surface area contributed by atoms with Gasteiger partial charge >= 0.3 is 5.63 Å². The summed E-state index contributed by atoms with van der Waals surface area (Å²) in [7, 11) is 0. The Morgan fingerprint density at radius 3 is 2.36 bits per heavy atom. The lowest BCUT2D eigenvalue weighted by Crippen LogP contribution is -2.09. The van der Waals surface area contributed by atoms with Gasteiger partial charge in [-0.05, 0) is 44.2 Å². The number of furan rings is 1. The molecule has 0 saturated heterocycles. The summed E-state index contributed by atoms with van der Waals surface area (Å²) in [6.45, 7) is 13.7. The van der Waals surface area contributed by atoms with Gasteiger partial charge in [0, 0.05) is 34.6 Å². The Morgan fingerprint density at radius 1 is 1.00 bits per heavy atom. The van der Waals surface area contributed by atoms with Crippen LogP contribution in [0.3, 0.4) is 0 Å². The fraction of sp³-hybridized carbons (Fsp3) is 0.476. The average molecular weight is 342 g/mol. The minimum absolute atomic E-state index is 0.259. The number of aryl methyl sites for hydroxylation is 3. The third kappa shape index (κ3) is 3.49. The molecule has 4 heteroatoms. The molecule has 0 N–H and O–H groups in total. The van der Waals surface area contributed by atoms with Crippen molar-refractivity contribution < 1.29 is 13.6 Å². The summed E-state index contributed by atoms with van der Waals surface area (Å²) >= 11 is 0. The zero-order valence-corrected chi connectivity index (χ0v) is 15.9. The average Bonchev–Trinajstić information content (AvgIpc) is 2.81. The third-order valence-electron chi connectivity index (χ3n) is 4.67. The second kappa shape index (κ2) is 6.34. The summed E-state index contributed by atoms with van der Waals surface area (Å²) in [5, 5.41) is 1.98. The molecule has 0 unspecified atom stereocenters. The number of hydrogen-bond acceptors (Lipinski definition) is 4. The Balaban J connectivity index is 2.03. The van der Waals surface area contributed by atoms with Gasteiger partial charge in [0.05, 0.1) is 6.61 Å². The molecular formula is C21H26O4. The second-order valence-electron chi connectivity index (χ2n) is 8.00. The van der Waals surface area contributed by atoms with Crippen LogP contribution in [0.4, 0.5) is 0 Å². The Hall–Kier alpha value is -2.07. The van der Waals surface area contributed by atoms with Gasteiger partial charge in [0.2, 0.25) is 0 Å². The van der Waals surface area contributed by atoms with E-state index in [0.717, 1.165) is 51.8 Å². The summed E-state index contributed by atoms with van der Waals surface area (Å²) in [5.74, 6) is 0.851. The van der Waals surface area contributed by atoms with Crippen molar-refractivity contribution in [3.63, 3.8) is 0 Å². The molecule has 0 aliphatic heterocycles. The zero-order chi connectivity index (χ0) is 18.4. The number of fused-ring (bicyclic) bond motifs is 2. The van der Waals surface area contributed by atoms with Crippen LogP contribution in [0, 0.1) is 26.2 Å². The second-order valence-corrected chi connectivity index (χ2v) is 8.00. The van der Waals surface area contributed by atoms with Crippen molar-refractivity contribution in [3.8, 4) is 0 Å². The zero-order valence-electron chi connectivity index (χ0n) is 15.9. The van der Waals surface area contributed by atoms with E-state index in [1.807, 2.05) is 20.8 Å². The normalized spacial score (nSPS) is 12.4. The first-order chi connectivity index (χ1) is 11.7. The lowest BCUT2D eigenvalue weighted by molar-refractivity contribution is 0.0960. The van der Waals surface area contributed by atoms with Gasteiger partial charge in [-0.15, -0.1) is 0 Å². The Kier molecular flexibility index (Phi) is 4.50. The van der Waals surface area contributed by atoms with E-state index in [9.17, 15) is 4.79 Å². The van der Waals surface area contributed by atoms with Gasteiger partial charge in [-0.3, -0.25) is 0 Å². The smallest absolute Gasteiger partial charge is 0.336 e. The highest BCUT2D eigenvalue weighted by Gasteiger charge is 2.18. The van der Waals surface area contributed by atoms with Crippen LogP contribution >= 0.6 is 0 Å². The number of benzene rings is 1. The molecule has 4 nitrogen and oxygen atoms in total. The lowest BCUT2D eigenvalue weighted by atomic mass is 9.93. The number of hydrogen-bond donors (Lipinski definition) is 0. The highest BCUT2D eigenvalue weighted by atomic mass is 16.5. The van der Waals surface area contributed by atoms with E-state index < -0.39 is 0 Å². The summed E-state index contributed by atoms with van der Waals surface area (Å²) in [5.41, 5.74) is 4.14.